The van der Waals surface area contributed by atoms with Crippen LogP contribution in [0.2, 0.25) is 0 Å². The first-order valence-corrected chi connectivity index (χ1v) is 13.1. The van der Waals surface area contributed by atoms with E-state index in [1.807, 2.05) is 9.58 Å². The van der Waals surface area contributed by atoms with E-state index in [1.54, 1.807) is 18.3 Å². The average molecular weight is 472 g/mol. The molecule has 1 amide bonds. The summed E-state index contributed by atoms with van der Waals surface area (Å²) < 4.78 is 31.1. The highest BCUT2D eigenvalue weighted by Crippen LogP contribution is 2.31. The molecule has 0 saturated carbocycles. The van der Waals surface area contributed by atoms with E-state index >= 15 is 0 Å². The van der Waals surface area contributed by atoms with Crippen LogP contribution in [0.25, 0.3) is 11.0 Å². The molecule has 3 aromatic rings. The van der Waals surface area contributed by atoms with E-state index in [1.165, 1.54) is 18.5 Å². The molecule has 0 radical (unpaired) electrons. The van der Waals surface area contributed by atoms with Crippen LogP contribution in [0.1, 0.15) is 45.6 Å². The molecule has 10 heteroatoms. The van der Waals surface area contributed by atoms with Crippen molar-refractivity contribution in [3.8, 4) is 11.6 Å². The van der Waals surface area contributed by atoms with Crippen LogP contribution in [0.3, 0.4) is 0 Å². The van der Waals surface area contributed by atoms with Crippen molar-refractivity contribution in [2.75, 3.05) is 19.3 Å². The van der Waals surface area contributed by atoms with Crippen LogP contribution in [0.15, 0.2) is 41.7 Å². The second-order valence-electron chi connectivity index (χ2n) is 8.90. The first-order valence-electron chi connectivity index (χ1n) is 11.2. The van der Waals surface area contributed by atoms with Gasteiger partial charge < -0.3 is 9.64 Å². The van der Waals surface area contributed by atoms with Crippen molar-refractivity contribution in [2.24, 2.45) is 5.92 Å². The molecule has 33 heavy (non-hydrogen) atoms. The normalized spacial score (nSPS) is 15.3. The quantitative estimate of drug-likeness (QED) is 0.518. The number of sulfone groups is 1. The maximum Gasteiger partial charge on any atom is 0.233 e. The van der Waals surface area contributed by atoms with Gasteiger partial charge in [0, 0.05) is 25.8 Å². The number of carbonyl (C=O) groups is 1. The third kappa shape index (κ3) is 5.32. The number of carbonyl (C=O) groups excluding carboxylic acids is 1. The fourth-order valence-electron chi connectivity index (χ4n) is 3.99. The number of aromatic nitrogens is 4. The molecule has 176 valence electrons. The molecule has 1 aliphatic heterocycles. The zero-order valence-electron chi connectivity index (χ0n) is 19.1. The van der Waals surface area contributed by atoms with E-state index in [9.17, 15) is 13.2 Å². The molecule has 1 saturated heterocycles. The van der Waals surface area contributed by atoms with Gasteiger partial charge in [0.2, 0.25) is 11.8 Å². The fourth-order valence-corrected chi connectivity index (χ4v) is 4.62. The Hall–Kier alpha value is -3.01. The van der Waals surface area contributed by atoms with Crippen molar-refractivity contribution in [2.45, 2.75) is 50.5 Å². The van der Waals surface area contributed by atoms with Gasteiger partial charge in [0.25, 0.3) is 0 Å². The zero-order valence-corrected chi connectivity index (χ0v) is 20.0. The molecule has 1 aromatic carbocycles. The molecule has 2 aromatic heterocycles. The van der Waals surface area contributed by atoms with Crippen LogP contribution in [-0.4, -0.2) is 58.3 Å². The Bertz CT molecular complexity index is 1230. The Morgan fingerprint density at radius 2 is 1.85 bits per heavy atom. The van der Waals surface area contributed by atoms with E-state index in [0.717, 1.165) is 25.5 Å². The van der Waals surface area contributed by atoms with E-state index < -0.39 is 9.84 Å². The molecule has 4 rings (SSSR count). The summed E-state index contributed by atoms with van der Waals surface area (Å²) in [7, 11) is -3.27. The van der Waals surface area contributed by atoms with Gasteiger partial charge in [0.1, 0.15) is 17.5 Å². The maximum atomic E-state index is 12.4. The summed E-state index contributed by atoms with van der Waals surface area (Å²) in [4.78, 5) is 23.3. The molecule has 0 N–H and O–H groups in total. The molecular weight excluding hydrogens is 442 g/mol. The second kappa shape index (κ2) is 9.46. The van der Waals surface area contributed by atoms with Gasteiger partial charge in [0.15, 0.2) is 15.5 Å². The molecule has 0 bridgehead atoms. The van der Waals surface area contributed by atoms with Gasteiger partial charge in [-0.15, -0.1) is 0 Å². The zero-order chi connectivity index (χ0) is 23.6. The number of ether oxygens (including phenoxy) is 1. The smallest absolute Gasteiger partial charge is 0.233 e. The minimum absolute atomic E-state index is 0.147. The highest BCUT2D eigenvalue weighted by Gasteiger charge is 2.26. The standard InChI is InChI=1S/C23H29N5O4S/c1-16(2)4-9-21(29)27-12-10-17(11-13-27)28-22-20(14-26-28)23(25-15-24-22)32-18-5-7-19(8-6-18)33(3,30)31/h5-8,14-17H,4,9-13H2,1-3H3. The first-order chi connectivity index (χ1) is 15.7. The van der Waals surface area contributed by atoms with Crippen LogP contribution < -0.4 is 4.74 Å². The molecule has 0 spiro atoms. The van der Waals surface area contributed by atoms with Gasteiger partial charge in [-0.05, 0) is 49.4 Å². The van der Waals surface area contributed by atoms with Gasteiger partial charge in [0.05, 0.1) is 17.1 Å². The molecule has 1 aliphatic rings. The van der Waals surface area contributed by atoms with Crippen LogP contribution in [0.4, 0.5) is 0 Å². The Morgan fingerprint density at radius 3 is 2.48 bits per heavy atom. The Balaban J connectivity index is 1.46. The number of rotatable bonds is 7. The molecule has 0 aliphatic carbocycles. The Kier molecular flexibility index (Phi) is 6.64. The predicted octanol–water partition coefficient (Wildman–Crippen LogP) is 3.62. The maximum absolute atomic E-state index is 12.4. The molecule has 9 nitrogen and oxygen atoms in total. The van der Waals surface area contributed by atoms with Gasteiger partial charge in [-0.25, -0.2) is 23.1 Å². The third-order valence-corrected chi connectivity index (χ3v) is 7.05. The van der Waals surface area contributed by atoms with E-state index in [0.29, 0.717) is 48.1 Å². The third-order valence-electron chi connectivity index (χ3n) is 5.92. The number of hydrogen-bond acceptors (Lipinski definition) is 7. The number of likely N-dealkylation sites (tertiary alicyclic amines) is 1. The van der Waals surface area contributed by atoms with Crippen molar-refractivity contribution in [1.82, 2.24) is 24.6 Å². The van der Waals surface area contributed by atoms with Crippen molar-refractivity contribution in [3.63, 3.8) is 0 Å². The Morgan fingerprint density at radius 1 is 1.15 bits per heavy atom. The molecule has 3 heterocycles. The van der Waals surface area contributed by atoms with E-state index in [4.69, 9.17) is 4.74 Å². The number of fused-ring (bicyclic) bond motifs is 1. The summed E-state index contributed by atoms with van der Waals surface area (Å²) in [6.45, 7) is 5.69. The SMILES string of the molecule is CC(C)CCC(=O)N1CCC(n2ncc3c(Oc4ccc(S(C)(=O)=O)cc4)ncnc32)CC1. The number of benzene rings is 1. The van der Waals surface area contributed by atoms with Gasteiger partial charge >= 0.3 is 0 Å². The van der Waals surface area contributed by atoms with Crippen LogP contribution in [-0.2, 0) is 14.6 Å². The van der Waals surface area contributed by atoms with Crippen LogP contribution in [0, 0.1) is 5.92 Å². The Labute approximate surface area is 193 Å². The van der Waals surface area contributed by atoms with E-state index in [-0.39, 0.29) is 16.8 Å². The monoisotopic (exact) mass is 471 g/mol. The summed E-state index contributed by atoms with van der Waals surface area (Å²) in [5.41, 5.74) is 0.678. The predicted molar refractivity (Wildman–Crippen MR) is 124 cm³/mol. The molecule has 1 fully saturated rings. The lowest BCUT2D eigenvalue weighted by atomic mass is 10.0. The summed E-state index contributed by atoms with van der Waals surface area (Å²) in [6.07, 6.45) is 7.44. The van der Waals surface area contributed by atoms with Crippen molar-refractivity contribution < 1.29 is 17.9 Å². The molecular formula is C23H29N5O4S. The fraction of sp³-hybridized carbons (Fsp3) is 0.478. The number of piperidine rings is 1. The summed E-state index contributed by atoms with van der Waals surface area (Å²) >= 11 is 0. The lowest BCUT2D eigenvalue weighted by Gasteiger charge is -2.32. The second-order valence-corrected chi connectivity index (χ2v) is 10.9. The lowest BCUT2D eigenvalue weighted by Crippen LogP contribution is -2.39. The minimum Gasteiger partial charge on any atom is -0.438 e. The minimum atomic E-state index is -3.27. The van der Waals surface area contributed by atoms with E-state index in [2.05, 4.69) is 28.9 Å². The summed E-state index contributed by atoms with van der Waals surface area (Å²) in [6, 6.07) is 6.35. The van der Waals surface area contributed by atoms with Crippen LogP contribution in [0.5, 0.6) is 11.6 Å². The summed E-state index contributed by atoms with van der Waals surface area (Å²) in [5.74, 6) is 1.59. The number of hydrogen-bond donors (Lipinski definition) is 0. The topological polar surface area (TPSA) is 107 Å². The van der Waals surface area contributed by atoms with Gasteiger partial charge in [-0.3, -0.25) is 4.79 Å². The lowest BCUT2D eigenvalue weighted by molar-refractivity contribution is -0.132. The average Bonchev–Trinajstić information content (AvgIpc) is 3.22. The molecule has 0 atom stereocenters. The van der Waals surface area contributed by atoms with Crippen molar-refractivity contribution in [1.29, 1.82) is 0 Å². The highest BCUT2D eigenvalue weighted by atomic mass is 32.2. The number of nitrogens with zero attached hydrogens (tertiary/aromatic N) is 5. The largest absolute Gasteiger partial charge is 0.438 e. The summed E-state index contributed by atoms with van der Waals surface area (Å²) in [5, 5.41) is 5.23. The first kappa shape index (κ1) is 23.2. The molecule has 0 unspecified atom stereocenters. The van der Waals surface area contributed by atoms with Crippen LogP contribution >= 0.6 is 0 Å². The number of amides is 1. The van der Waals surface area contributed by atoms with Crippen molar-refractivity contribution in [3.05, 3.63) is 36.8 Å². The van der Waals surface area contributed by atoms with Gasteiger partial charge in [-0.1, -0.05) is 13.8 Å². The van der Waals surface area contributed by atoms with Crippen molar-refractivity contribution >= 4 is 26.8 Å². The highest BCUT2D eigenvalue weighted by molar-refractivity contribution is 7.90. The van der Waals surface area contributed by atoms with Gasteiger partial charge in [-0.2, -0.15) is 5.10 Å².